The number of rotatable bonds is 5. The number of piperidine rings is 1. The summed E-state index contributed by atoms with van der Waals surface area (Å²) in [6.45, 7) is 6.87. The van der Waals surface area contributed by atoms with Crippen molar-refractivity contribution in [3.05, 3.63) is 29.1 Å². The molecule has 7 heteroatoms. The first-order chi connectivity index (χ1) is 9.65. The van der Waals surface area contributed by atoms with Crippen LogP contribution in [0.3, 0.4) is 0 Å². The monoisotopic (exact) mass is 277 g/mol. The maximum absolute atomic E-state index is 11.4. The van der Waals surface area contributed by atoms with Gasteiger partial charge < -0.3 is 10.2 Å². The SMILES string of the molecule is C=CCNc1ncnc(N2CCCCC2C)c1[N+](=O)[O-]. The molecule has 0 amide bonds. The van der Waals surface area contributed by atoms with Crippen LogP contribution in [0.15, 0.2) is 19.0 Å². The largest absolute Gasteiger partial charge is 0.361 e. The molecule has 7 nitrogen and oxygen atoms in total. The van der Waals surface area contributed by atoms with Crippen molar-refractivity contribution in [2.45, 2.75) is 32.2 Å². The fourth-order valence-corrected chi connectivity index (χ4v) is 2.46. The number of nitrogens with one attached hydrogen (secondary N) is 1. The highest BCUT2D eigenvalue weighted by atomic mass is 16.6. The van der Waals surface area contributed by atoms with E-state index in [2.05, 4.69) is 28.8 Å². The van der Waals surface area contributed by atoms with Crippen LogP contribution >= 0.6 is 0 Å². The Morgan fingerprint density at radius 2 is 2.40 bits per heavy atom. The third kappa shape index (κ3) is 2.87. The lowest BCUT2D eigenvalue weighted by Gasteiger charge is -2.33. The van der Waals surface area contributed by atoms with E-state index in [-0.39, 0.29) is 17.5 Å². The second-order valence-corrected chi connectivity index (χ2v) is 4.86. The van der Waals surface area contributed by atoms with Crippen molar-refractivity contribution in [3.8, 4) is 0 Å². The molecular formula is C13H19N5O2. The molecule has 1 saturated heterocycles. The summed E-state index contributed by atoms with van der Waals surface area (Å²) in [5, 5.41) is 14.3. The van der Waals surface area contributed by atoms with Crippen molar-refractivity contribution in [1.82, 2.24) is 9.97 Å². The lowest BCUT2D eigenvalue weighted by Crippen LogP contribution is -2.38. The molecule has 1 atom stereocenters. The summed E-state index contributed by atoms with van der Waals surface area (Å²) in [7, 11) is 0. The van der Waals surface area contributed by atoms with Gasteiger partial charge >= 0.3 is 5.69 Å². The maximum Gasteiger partial charge on any atom is 0.353 e. The zero-order chi connectivity index (χ0) is 14.5. The molecule has 2 heterocycles. The molecule has 1 aromatic heterocycles. The van der Waals surface area contributed by atoms with Crippen molar-refractivity contribution >= 4 is 17.3 Å². The Labute approximate surface area is 117 Å². The molecule has 1 fully saturated rings. The van der Waals surface area contributed by atoms with Gasteiger partial charge in [-0.25, -0.2) is 9.97 Å². The number of nitro groups is 1. The average molecular weight is 277 g/mol. The Hall–Kier alpha value is -2.18. The molecule has 0 bridgehead atoms. The minimum absolute atomic E-state index is 0.0527. The van der Waals surface area contributed by atoms with Gasteiger partial charge in [0.25, 0.3) is 0 Å². The van der Waals surface area contributed by atoms with Gasteiger partial charge in [-0.3, -0.25) is 10.1 Å². The fraction of sp³-hybridized carbons (Fsp3) is 0.538. The smallest absolute Gasteiger partial charge is 0.353 e. The molecule has 0 saturated carbocycles. The van der Waals surface area contributed by atoms with E-state index in [1.807, 2.05) is 4.90 Å². The van der Waals surface area contributed by atoms with Crippen molar-refractivity contribution < 1.29 is 4.92 Å². The van der Waals surface area contributed by atoms with Crippen LogP contribution in [-0.4, -0.2) is 34.0 Å². The first kappa shape index (κ1) is 14.2. The van der Waals surface area contributed by atoms with E-state index in [1.165, 1.54) is 6.33 Å². The normalized spacial score (nSPS) is 18.6. The van der Waals surface area contributed by atoms with Gasteiger partial charge in [-0.2, -0.15) is 0 Å². The molecule has 1 aliphatic rings. The second-order valence-electron chi connectivity index (χ2n) is 4.86. The first-order valence-electron chi connectivity index (χ1n) is 6.76. The van der Waals surface area contributed by atoms with Crippen molar-refractivity contribution in [2.75, 3.05) is 23.3 Å². The summed E-state index contributed by atoms with van der Waals surface area (Å²) in [5.41, 5.74) is -0.0527. The highest BCUT2D eigenvalue weighted by Crippen LogP contribution is 2.34. The Morgan fingerprint density at radius 3 is 3.05 bits per heavy atom. The molecule has 2 rings (SSSR count). The van der Waals surface area contributed by atoms with E-state index in [0.717, 1.165) is 25.8 Å². The van der Waals surface area contributed by atoms with Gasteiger partial charge in [0.05, 0.1) is 4.92 Å². The van der Waals surface area contributed by atoms with Crippen LogP contribution in [0.5, 0.6) is 0 Å². The summed E-state index contributed by atoms with van der Waals surface area (Å²) in [4.78, 5) is 21.1. The highest BCUT2D eigenvalue weighted by molar-refractivity contribution is 5.70. The summed E-state index contributed by atoms with van der Waals surface area (Å²) in [5.74, 6) is 0.654. The summed E-state index contributed by atoms with van der Waals surface area (Å²) >= 11 is 0. The fourth-order valence-electron chi connectivity index (χ4n) is 2.46. The van der Waals surface area contributed by atoms with Gasteiger partial charge in [-0.05, 0) is 26.2 Å². The Morgan fingerprint density at radius 1 is 1.60 bits per heavy atom. The predicted octanol–water partition coefficient (Wildman–Crippen LogP) is 2.36. The van der Waals surface area contributed by atoms with Gasteiger partial charge in [0.1, 0.15) is 6.33 Å². The van der Waals surface area contributed by atoms with Crippen LogP contribution in [-0.2, 0) is 0 Å². The van der Waals surface area contributed by atoms with Gasteiger partial charge in [0.15, 0.2) is 0 Å². The average Bonchev–Trinajstić information content (AvgIpc) is 2.45. The van der Waals surface area contributed by atoms with E-state index in [9.17, 15) is 10.1 Å². The number of aromatic nitrogens is 2. The van der Waals surface area contributed by atoms with E-state index in [0.29, 0.717) is 12.4 Å². The van der Waals surface area contributed by atoms with E-state index < -0.39 is 4.92 Å². The van der Waals surface area contributed by atoms with Crippen LogP contribution in [0, 0.1) is 10.1 Å². The summed E-state index contributed by atoms with van der Waals surface area (Å²) in [6.07, 6.45) is 6.21. The molecule has 1 aromatic rings. The van der Waals surface area contributed by atoms with Gasteiger partial charge in [0.2, 0.25) is 11.6 Å². The van der Waals surface area contributed by atoms with Gasteiger partial charge in [0, 0.05) is 19.1 Å². The molecule has 0 aromatic carbocycles. The highest BCUT2D eigenvalue weighted by Gasteiger charge is 2.30. The third-order valence-electron chi connectivity index (χ3n) is 3.47. The van der Waals surface area contributed by atoms with Crippen molar-refractivity contribution in [1.29, 1.82) is 0 Å². The second kappa shape index (κ2) is 6.31. The maximum atomic E-state index is 11.4. The topological polar surface area (TPSA) is 84.2 Å². The van der Waals surface area contributed by atoms with Crippen LogP contribution < -0.4 is 10.2 Å². The van der Waals surface area contributed by atoms with Gasteiger partial charge in [-0.1, -0.05) is 6.08 Å². The number of hydrogen-bond acceptors (Lipinski definition) is 6. The van der Waals surface area contributed by atoms with Crippen molar-refractivity contribution in [2.24, 2.45) is 0 Å². The van der Waals surface area contributed by atoms with E-state index >= 15 is 0 Å². The zero-order valence-corrected chi connectivity index (χ0v) is 11.6. The minimum atomic E-state index is -0.415. The van der Waals surface area contributed by atoms with E-state index in [1.54, 1.807) is 6.08 Å². The first-order valence-corrected chi connectivity index (χ1v) is 6.76. The lowest BCUT2D eigenvalue weighted by atomic mass is 10.0. The zero-order valence-electron chi connectivity index (χ0n) is 11.6. The molecule has 20 heavy (non-hydrogen) atoms. The molecule has 1 N–H and O–H groups in total. The van der Waals surface area contributed by atoms with Crippen LogP contribution in [0.1, 0.15) is 26.2 Å². The molecule has 0 spiro atoms. The molecule has 1 unspecified atom stereocenters. The summed E-state index contributed by atoms with van der Waals surface area (Å²) < 4.78 is 0. The predicted molar refractivity (Wildman–Crippen MR) is 78.0 cm³/mol. The van der Waals surface area contributed by atoms with Crippen LogP contribution in [0.4, 0.5) is 17.3 Å². The Kier molecular flexibility index (Phi) is 4.49. The van der Waals surface area contributed by atoms with Gasteiger partial charge in [-0.15, -0.1) is 6.58 Å². The number of anilines is 2. The third-order valence-corrected chi connectivity index (χ3v) is 3.47. The molecule has 0 aliphatic carbocycles. The molecule has 108 valence electrons. The Bertz CT molecular complexity index is 506. The minimum Gasteiger partial charge on any atom is -0.361 e. The summed E-state index contributed by atoms with van der Waals surface area (Å²) in [6, 6.07) is 0.254. The van der Waals surface area contributed by atoms with Crippen LogP contribution in [0.2, 0.25) is 0 Å². The number of hydrogen-bond donors (Lipinski definition) is 1. The standard InChI is InChI=1S/C13H19N5O2/c1-3-7-14-12-11(18(19)20)13(16-9-15-12)17-8-5-4-6-10(17)2/h3,9-10H,1,4-8H2,2H3,(H,14,15,16). The quantitative estimate of drug-likeness (QED) is 0.505. The molecular weight excluding hydrogens is 258 g/mol. The lowest BCUT2D eigenvalue weighted by molar-refractivity contribution is -0.383. The Balaban J connectivity index is 2.40. The molecule has 1 aliphatic heterocycles. The van der Waals surface area contributed by atoms with Crippen LogP contribution in [0.25, 0.3) is 0 Å². The molecule has 0 radical (unpaired) electrons. The van der Waals surface area contributed by atoms with E-state index in [4.69, 9.17) is 0 Å². The number of nitrogens with zero attached hydrogens (tertiary/aromatic N) is 4. The van der Waals surface area contributed by atoms with Crippen molar-refractivity contribution in [3.63, 3.8) is 0 Å².